The molecule has 0 bridgehead atoms. The summed E-state index contributed by atoms with van der Waals surface area (Å²) in [6, 6.07) is 7.01. The molecule has 108 valence electrons. The summed E-state index contributed by atoms with van der Waals surface area (Å²) in [5.41, 5.74) is 6.90. The highest BCUT2D eigenvalue weighted by Crippen LogP contribution is 2.18. The molecule has 20 heavy (non-hydrogen) atoms. The molecule has 0 unspecified atom stereocenters. The van der Waals surface area contributed by atoms with Gasteiger partial charge in [0, 0.05) is 31.2 Å². The Morgan fingerprint density at radius 1 is 1.40 bits per heavy atom. The highest BCUT2D eigenvalue weighted by molar-refractivity contribution is 7.89. The van der Waals surface area contributed by atoms with Crippen LogP contribution in [-0.4, -0.2) is 29.2 Å². The van der Waals surface area contributed by atoms with Gasteiger partial charge in [-0.25, -0.2) is 8.42 Å². The van der Waals surface area contributed by atoms with E-state index in [0.717, 1.165) is 0 Å². The Bertz CT molecular complexity index is 652. The molecule has 0 fully saturated rings. The first-order valence-electron chi connectivity index (χ1n) is 6.35. The van der Waals surface area contributed by atoms with Crippen molar-refractivity contribution in [1.82, 2.24) is 14.3 Å². The molecule has 7 heteroatoms. The van der Waals surface area contributed by atoms with Crippen LogP contribution in [0.4, 0.5) is 0 Å². The fourth-order valence-electron chi connectivity index (χ4n) is 1.87. The summed E-state index contributed by atoms with van der Waals surface area (Å²) in [6.07, 6.45) is 3.12. The van der Waals surface area contributed by atoms with Gasteiger partial charge in [0.2, 0.25) is 10.0 Å². The van der Waals surface area contributed by atoms with Crippen molar-refractivity contribution in [3.05, 3.63) is 48.0 Å². The lowest BCUT2D eigenvalue weighted by Crippen LogP contribution is -2.30. The highest BCUT2D eigenvalue weighted by Gasteiger charge is 2.24. The molecule has 0 saturated heterocycles. The number of hydrogen-bond acceptors (Lipinski definition) is 4. The lowest BCUT2D eigenvalue weighted by atomic mass is 10.3. The van der Waals surface area contributed by atoms with Gasteiger partial charge < -0.3 is 10.7 Å². The normalized spacial score (nSPS) is 11.9. The van der Waals surface area contributed by atoms with E-state index in [9.17, 15) is 8.42 Å². The Hall–Kier alpha value is -1.70. The molecule has 2 rings (SSSR count). The monoisotopic (exact) mass is 294 g/mol. The zero-order chi connectivity index (χ0) is 14.6. The van der Waals surface area contributed by atoms with Gasteiger partial charge >= 0.3 is 0 Å². The molecule has 0 aliphatic carbocycles. The summed E-state index contributed by atoms with van der Waals surface area (Å²) in [5, 5.41) is 0. The molecule has 0 atom stereocenters. The SMILES string of the molecule is CCN(Cc1ccccn1)S(=O)(=O)c1c[nH]c(CN)c1. The van der Waals surface area contributed by atoms with E-state index in [-0.39, 0.29) is 18.0 Å². The maximum Gasteiger partial charge on any atom is 0.244 e. The van der Waals surface area contributed by atoms with Gasteiger partial charge in [0.1, 0.15) is 0 Å². The van der Waals surface area contributed by atoms with Crippen molar-refractivity contribution in [3.8, 4) is 0 Å². The van der Waals surface area contributed by atoms with Crippen LogP contribution in [0.1, 0.15) is 18.3 Å². The third kappa shape index (κ3) is 3.06. The van der Waals surface area contributed by atoms with Gasteiger partial charge in [0.05, 0.1) is 17.1 Å². The number of H-pyrrole nitrogens is 1. The molecule has 2 heterocycles. The first-order chi connectivity index (χ1) is 9.57. The van der Waals surface area contributed by atoms with Crippen LogP contribution in [0.2, 0.25) is 0 Å². The number of rotatable bonds is 6. The zero-order valence-corrected chi connectivity index (χ0v) is 12.1. The van der Waals surface area contributed by atoms with Crippen LogP contribution in [0.5, 0.6) is 0 Å². The average molecular weight is 294 g/mol. The predicted molar refractivity (Wildman–Crippen MR) is 76.2 cm³/mol. The van der Waals surface area contributed by atoms with Crippen LogP contribution in [0, 0.1) is 0 Å². The topological polar surface area (TPSA) is 92.1 Å². The number of nitrogens with one attached hydrogen (secondary N) is 1. The molecule has 0 amide bonds. The first kappa shape index (κ1) is 14.7. The third-order valence-corrected chi connectivity index (χ3v) is 4.89. The van der Waals surface area contributed by atoms with Gasteiger partial charge in [-0.05, 0) is 18.2 Å². The number of aromatic nitrogens is 2. The van der Waals surface area contributed by atoms with Crippen LogP contribution < -0.4 is 5.73 Å². The van der Waals surface area contributed by atoms with Crippen LogP contribution in [-0.2, 0) is 23.1 Å². The fourth-order valence-corrected chi connectivity index (χ4v) is 3.31. The Morgan fingerprint density at radius 3 is 2.75 bits per heavy atom. The van der Waals surface area contributed by atoms with E-state index in [4.69, 9.17) is 5.73 Å². The van der Waals surface area contributed by atoms with E-state index in [1.807, 2.05) is 6.07 Å². The molecule has 3 N–H and O–H groups in total. The van der Waals surface area contributed by atoms with E-state index in [2.05, 4.69) is 9.97 Å². The Balaban J connectivity index is 2.25. The van der Waals surface area contributed by atoms with Crippen molar-refractivity contribution in [2.45, 2.75) is 24.9 Å². The molecular formula is C13H18N4O2S. The van der Waals surface area contributed by atoms with Crippen molar-refractivity contribution in [3.63, 3.8) is 0 Å². The van der Waals surface area contributed by atoms with Crippen LogP contribution in [0.3, 0.4) is 0 Å². The molecule has 0 saturated carbocycles. The van der Waals surface area contributed by atoms with Gasteiger partial charge in [0.25, 0.3) is 0 Å². The number of aromatic amines is 1. The van der Waals surface area contributed by atoms with Gasteiger partial charge in [-0.1, -0.05) is 13.0 Å². The molecule has 0 spiro atoms. The fraction of sp³-hybridized carbons (Fsp3) is 0.308. The molecule has 2 aromatic heterocycles. The van der Waals surface area contributed by atoms with E-state index in [1.54, 1.807) is 31.3 Å². The van der Waals surface area contributed by atoms with Crippen molar-refractivity contribution >= 4 is 10.0 Å². The van der Waals surface area contributed by atoms with Gasteiger partial charge in [0.15, 0.2) is 0 Å². The van der Waals surface area contributed by atoms with Crippen LogP contribution in [0.25, 0.3) is 0 Å². The lowest BCUT2D eigenvalue weighted by molar-refractivity contribution is 0.419. The minimum absolute atomic E-state index is 0.232. The second kappa shape index (κ2) is 6.17. The summed E-state index contributed by atoms with van der Waals surface area (Å²) in [5.74, 6) is 0. The summed E-state index contributed by atoms with van der Waals surface area (Å²) in [6.45, 7) is 2.71. The Labute approximate surface area is 118 Å². The smallest absolute Gasteiger partial charge is 0.244 e. The number of hydrogen-bond donors (Lipinski definition) is 2. The molecule has 0 radical (unpaired) electrons. The summed E-state index contributed by atoms with van der Waals surface area (Å²) in [7, 11) is -3.53. The second-order valence-electron chi connectivity index (χ2n) is 4.32. The Morgan fingerprint density at radius 2 is 2.20 bits per heavy atom. The predicted octanol–water partition coefficient (Wildman–Crippen LogP) is 1.08. The van der Waals surface area contributed by atoms with Gasteiger partial charge in [-0.15, -0.1) is 0 Å². The summed E-state index contributed by atoms with van der Waals surface area (Å²) >= 11 is 0. The molecule has 0 aromatic carbocycles. The van der Waals surface area contributed by atoms with Crippen molar-refractivity contribution < 1.29 is 8.42 Å². The second-order valence-corrected chi connectivity index (χ2v) is 6.25. The molecule has 2 aromatic rings. The van der Waals surface area contributed by atoms with Crippen molar-refractivity contribution in [2.24, 2.45) is 5.73 Å². The number of pyridine rings is 1. The van der Waals surface area contributed by atoms with E-state index in [1.165, 1.54) is 10.5 Å². The van der Waals surface area contributed by atoms with Crippen LogP contribution >= 0.6 is 0 Å². The molecule has 6 nitrogen and oxygen atoms in total. The zero-order valence-electron chi connectivity index (χ0n) is 11.3. The average Bonchev–Trinajstić information content (AvgIpc) is 2.95. The van der Waals surface area contributed by atoms with Crippen molar-refractivity contribution in [1.29, 1.82) is 0 Å². The number of nitrogens with zero attached hydrogens (tertiary/aromatic N) is 2. The van der Waals surface area contributed by atoms with E-state index in [0.29, 0.717) is 17.9 Å². The van der Waals surface area contributed by atoms with Gasteiger partial charge in [-0.2, -0.15) is 4.31 Å². The minimum Gasteiger partial charge on any atom is -0.363 e. The third-order valence-electron chi connectivity index (χ3n) is 2.99. The lowest BCUT2D eigenvalue weighted by Gasteiger charge is -2.19. The van der Waals surface area contributed by atoms with Crippen molar-refractivity contribution in [2.75, 3.05) is 6.54 Å². The maximum absolute atomic E-state index is 12.5. The standard InChI is InChI=1S/C13H18N4O2S/c1-2-17(10-11-5-3-4-6-15-11)20(18,19)13-7-12(8-14)16-9-13/h3-7,9,16H,2,8,10,14H2,1H3. The van der Waals surface area contributed by atoms with E-state index < -0.39 is 10.0 Å². The number of nitrogens with two attached hydrogens (primary N) is 1. The highest BCUT2D eigenvalue weighted by atomic mass is 32.2. The molecule has 0 aliphatic heterocycles. The maximum atomic E-state index is 12.5. The number of sulfonamides is 1. The molecule has 0 aliphatic rings. The molecular weight excluding hydrogens is 276 g/mol. The van der Waals surface area contributed by atoms with Crippen LogP contribution in [0.15, 0.2) is 41.6 Å². The summed E-state index contributed by atoms with van der Waals surface area (Å²) < 4.78 is 26.5. The quantitative estimate of drug-likeness (QED) is 0.834. The summed E-state index contributed by atoms with van der Waals surface area (Å²) in [4.78, 5) is 7.25. The van der Waals surface area contributed by atoms with Gasteiger partial charge in [-0.3, -0.25) is 4.98 Å². The minimum atomic E-state index is -3.53. The first-order valence-corrected chi connectivity index (χ1v) is 7.79. The van der Waals surface area contributed by atoms with E-state index >= 15 is 0 Å². The Kier molecular flexibility index (Phi) is 4.53. The largest absolute Gasteiger partial charge is 0.363 e.